The average molecular weight is 368 g/mol. The van der Waals surface area contributed by atoms with Gasteiger partial charge in [0.25, 0.3) is 0 Å². The summed E-state index contributed by atoms with van der Waals surface area (Å²) < 4.78 is 24.6. The number of halogens is 2. The summed E-state index contributed by atoms with van der Waals surface area (Å²) in [6, 6.07) is 7.09. The second kappa shape index (κ2) is 6.59. The van der Waals surface area contributed by atoms with Crippen LogP contribution in [0.3, 0.4) is 0 Å². The molecule has 0 N–H and O–H groups in total. The summed E-state index contributed by atoms with van der Waals surface area (Å²) >= 11 is 9.43. The molecule has 0 aliphatic heterocycles. The van der Waals surface area contributed by atoms with Gasteiger partial charge in [-0.3, -0.25) is 0 Å². The normalized spacial score (nSPS) is 14.4. The van der Waals surface area contributed by atoms with Crippen LogP contribution in [0.1, 0.15) is 26.3 Å². The topological polar surface area (TPSA) is 34.1 Å². The highest BCUT2D eigenvalue weighted by Crippen LogP contribution is 2.30. The van der Waals surface area contributed by atoms with Crippen LogP contribution in [0.25, 0.3) is 0 Å². The highest BCUT2D eigenvalue weighted by molar-refractivity contribution is 9.09. The monoisotopic (exact) mass is 366 g/mol. The zero-order chi connectivity index (χ0) is 14.7. The molecule has 0 spiro atoms. The Labute approximate surface area is 129 Å². The second-order valence-electron chi connectivity index (χ2n) is 5.86. The minimum atomic E-state index is -3.17. The Morgan fingerprint density at radius 2 is 1.84 bits per heavy atom. The predicted octanol–water partition coefficient (Wildman–Crippen LogP) is 4.31. The molecule has 0 saturated carbocycles. The third-order valence-corrected chi connectivity index (χ3v) is 6.01. The van der Waals surface area contributed by atoms with Crippen LogP contribution in [0.15, 0.2) is 24.3 Å². The van der Waals surface area contributed by atoms with Crippen LogP contribution in [0, 0.1) is 11.3 Å². The third kappa shape index (κ3) is 5.44. The molecule has 19 heavy (non-hydrogen) atoms. The van der Waals surface area contributed by atoms with E-state index in [1.807, 2.05) is 6.07 Å². The van der Waals surface area contributed by atoms with E-state index in [-0.39, 0.29) is 22.8 Å². The number of sulfone groups is 1. The molecule has 1 aromatic rings. The first kappa shape index (κ1) is 17.0. The van der Waals surface area contributed by atoms with Crippen LogP contribution >= 0.6 is 27.5 Å². The van der Waals surface area contributed by atoms with Gasteiger partial charge in [0.1, 0.15) is 0 Å². The van der Waals surface area contributed by atoms with Gasteiger partial charge in [0.2, 0.25) is 0 Å². The molecule has 0 aliphatic carbocycles. The molecular formula is C14H20BrClO2S. The van der Waals surface area contributed by atoms with Gasteiger partial charge in [-0.15, -0.1) is 0 Å². The summed E-state index contributed by atoms with van der Waals surface area (Å²) in [6.45, 7) is 6.18. The van der Waals surface area contributed by atoms with E-state index in [9.17, 15) is 8.42 Å². The molecule has 0 bridgehead atoms. The molecule has 0 fully saturated rings. The van der Waals surface area contributed by atoms with Crippen LogP contribution in [0.5, 0.6) is 0 Å². The molecule has 0 radical (unpaired) electrons. The van der Waals surface area contributed by atoms with Gasteiger partial charge in [0, 0.05) is 10.4 Å². The maximum absolute atomic E-state index is 12.3. The van der Waals surface area contributed by atoms with E-state index >= 15 is 0 Å². The highest BCUT2D eigenvalue weighted by Gasteiger charge is 2.29. The number of rotatable bonds is 5. The van der Waals surface area contributed by atoms with Crippen molar-refractivity contribution >= 4 is 37.4 Å². The van der Waals surface area contributed by atoms with Crippen molar-refractivity contribution in [3.63, 3.8) is 0 Å². The first-order valence-electron chi connectivity index (χ1n) is 6.15. The lowest BCUT2D eigenvalue weighted by molar-refractivity contribution is 0.291. The molecule has 1 rings (SSSR count). The van der Waals surface area contributed by atoms with Gasteiger partial charge in [-0.2, -0.15) is 0 Å². The first-order chi connectivity index (χ1) is 8.65. The van der Waals surface area contributed by atoms with Gasteiger partial charge < -0.3 is 0 Å². The predicted molar refractivity (Wildman–Crippen MR) is 85.7 cm³/mol. The van der Waals surface area contributed by atoms with Crippen molar-refractivity contribution in [1.82, 2.24) is 0 Å². The molecule has 108 valence electrons. The second-order valence-corrected chi connectivity index (χ2v) is 9.03. The van der Waals surface area contributed by atoms with Crippen molar-refractivity contribution in [2.45, 2.75) is 26.5 Å². The largest absolute Gasteiger partial charge is 0.228 e. The molecule has 1 atom stereocenters. The van der Waals surface area contributed by atoms with Crippen molar-refractivity contribution in [2.75, 3.05) is 11.1 Å². The van der Waals surface area contributed by atoms with Crippen LogP contribution < -0.4 is 0 Å². The summed E-state index contributed by atoms with van der Waals surface area (Å²) in [5.74, 6) is 0.263. The van der Waals surface area contributed by atoms with Gasteiger partial charge in [0.15, 0.2) is 9.84 Å². The Balaban J connectivity index is 2.86. The summed E-state index contributed by atoms with van der Waals surface area (Å²) in [7, 11) is -3.17. The van der Waals surface area contributed by atoms with Gasteiger partial charge >= 0.3 is 0 Å². The molecule has 0 aliphatic rings. The molecule has 0 amide bonds. The summed E-state index contributed by atoms with van der Waals surface area (Å²) in [6.07, 6.45) is 0. The minimum Gasteiger partial charge on any atom is -0.228 e. The molecule has 0 saturated heterocycles. The van der Waals surface area contributed by atoms with E-state index in [0.29, 0.717) is 15.9 Å². The van der Waals surface area contributed by atoms with E-state index in [4.69, 9.17) is 11.6 Å². The van der Waals surface area contributed by atoms with Crippen LogP contribution in [-0.2, 0) is 15.6 Å². The van der Waals surface area contributed by atoms with Crippen molar-refractivity contribution in [1.29, 1.82) is 0 Å². The van der Waals surface area contributed by atoms with Crippen molar-refractivity contribution in [2.24, 2.45) is 11.3 Å². The van der Waals surface area contributed by atoms with E-state index in [0.717, 1.165) is 0 Å². The van der Waals surface area contributed by atoms with E-state index in [1.165, 1.54) is 0 Å². The number of alkyl halides is 1. The molecule has 0 heterocycles. The Morgan fingerprint density at radius 1 is 1.26 bits per heavy atom. The molecule has 0 aromatic heterocycles. The lowest BCUT2D eigenvalue weighted by atomic mass is 9.83. The van der Waals surface area contributed by atoms with E-state index < -0.39 is 9.84 Å². The lowest BCUT2D eigenvalue weighted by Crippen LogP contribution is -2.30. The summed E-state index contributed by atoms with van der Waals surface area (Å²) in [5, 5.41) is 1.19. The molecular weight excluding hydrogens is 348 g/mol. The fraction of sp³-hybridized carbons (Fsp3) is 0.571. The zero-order valence-electron chi connectivity index (χ0n) is 11.5. The van der Waals surface area contributed by atoms with E-state index in [2.05, 4.69) is 36.7 Å². The van der Waals surface area contributed by atoms with Gasteiger partial charge in [0.05, 0.1) is 11.5 Å². The van der Waals surface area contributed by atoms with Crippen LogP contribution in [0.4, 0.5) is 0 Å². The first-order valence-corrected chi connectivity index (χ1v) is 9.47. The summed E-state index contributed by atoms with van der Waals surface area (Å²) in [5.41, 5.74) is 0.628. The Kier molecular flexibility index (Phi) is 5.90. The van der Waals surface area contributed by atoms with Crippen LogP contribution in [0.2, 0.25) is 5.02 Å². The van der Waals surface area contributed by atoms with Gasteiger partial charge in [-0.1, -0.05) is 66.5 Å². The zero-order valence-corrected chi connectivity index (χ0v) is 14.6. The standard InChI is InChI=1S/C14H20BrClO2S/c1-14(2,3)12(8-15)10-19(17,18)9-11-6-4-5-7-13(11)16/h4-7,12H,8-10H2,1-3H3. The van der Waals surface area contributed by atoms with E-state index in [1.54, 1.807) is 18.2 Å². The van der Waals surface area contributed by atoms with Crippen molar-refractivity contribution < 1.29 is 8.42 Å². The quantitative estimate of drug-likeness (QED) is 0.727. The highest BCUT2D eigenvalue weighted by atomic mass is 79.9. The molecule has 2 nitrogen and oxygen atoms in total. The van der Waals surface area contributed by atoms with Crippen molar-refractivity contribution in [3.05, 3.63) is 34.9 Å². The minimum absolute atomic E-state index is 0.00620. The molecule has 1 aromatic carbocycles. The fourth-order valence-electron chi connectivity index (χ4n) is 1.74. The Morgan fingerprint density at radius 3 is 2.32 bits per heavy atom. The van der Waals surface area contributed by atoms with Gasteiger partial charge in [-0.25, -0.2) is 8.42 Å². The lowest BCUT2D eigenvalue weighted by Gasteiger charge is -2.28. The average Bonchev–Trinajstić information content (AvgIpc) is 2.27. The number of hydrogen-bond acceptors (Lipinski definition) is 2. The molecule has 5 heteroatoms. The molecule has 1 unspecified atom stereocenters. The third-order valence-electron chi connectivity index (χ3n) is 3.20. The maximum atomic E-state index is 12.3. The fourth-order valence-corrected chi connectivity index (χ4v) is 5.60. The Hall–Kier alpha value is -0.0600. The summed E-state index contributed by atoms with van der Waals surface area (Å²) in [4.78, 5) is 0. The smallest absolute Gasteiger partial charge is 0.154 e. The van der Waals surface area contributed by atoms with Gasteiger partial charge in [-0.05, 0) is 23.0 Å². The maximum Gasteiger partial charge on any atom is 0.154 e. The van der Waals surface area contributed by atoms with Crippen LogP contribution in [-0.4, -0.2) is 19.5 Å². The van der Waals surface area contributed by atoms with Crippen molar-refractivity contribution in [3.8, 4) is 0 Å². The Bertz CT molecular complexity index is 520. The SMILES string of the molecule is CC(C)(C)C(CBr)CS(=O)(=O)Cc1ccccc1Cl. The number of benzene rings is 1. The number of hydrogen-bond donors (Lipinski definition) is 0.